The van der Waals surface area contributed by atoms with Crippen molar-refractivity contribution >= 4 is 62.4 Å². The van der Waals surface area contributed by atoms with Gasteiger partial charge in [0.2, 0.25) is 0 Å². The van der Waals surface area contributed by atoms with Crippen LogP contribution < -0.4 is 69.3 Å². The molecular weight excluding hydrogens is 633 g/mol. The number of nitrogens with one attached hydrogen (secondary N) is 2. The van der Waals surface area contributed by atoms with E-state index in [2.05, 4.69) is 23.1 Å². The van der Waals surface area contributed by atoms with Crippen LogP contribution in [0.25, 0.3) is 50.4 Å². The van der Waals surface area contributed by atoms with Crippen molar-refractivity contribution in [3.63, 3.8) is 0 Å². The summed E-state index contributed by atoms with van der Waals surface area (Å²) in [5.74, 6) is -2.28. The number of rotatable bonds is 8. The molecule has 0 radical (unpaired) electrons. The van der Waals surface area contributed by atoms with E-state index >= 15 is 0 Å². The smallest absolute Gasteiger partial charge is 0.550 e. The molecule has 5 rings (SSSR count). The van der Waals surface area contributed by atoms with Gasteiger partial charge < -0.3 is 29.8 Å². The number of hydrogen-bond donors (Lipinski definition) is 2. The zero-order valence-corrected chi connectivity index (χ0v) is 31.5. The zero-order valence-electron chi connectivity index (χ0n) is 26.6. The summed E-state index contributed by atoms with van der Waals surface area (Å²) >= 11 is 0. The summed E-state index contributed by atoms with van der Waals surface area (Å²) < 4.78 is 0. The van der Waals surface area contributed by atoms with Crippen molar-refractivity contribution in [2.24, 2.45) is 0 Å². The van der Waals surface area contributed by atoms with Gasteiger partial charge in [-0.05, 0) is 111 Å². The maximum absolute atomic E-state index is 11.4. The molecule has 8 bridgehead atoms. The van der Waals surface area contributed by atoms with Gasteiger partial charge in [0.05, 0.1) is 22.8 Å². The molecule has 3 aromatic heterocycles. The Morgan fingerprint density at radius 2 is 1.22 bits per heavy atom. The second-order valence-corrected chi connectivity index (χ2v) is 10.7. The topological polar surface area (TPSA) is 138 Å². The number of aromatic nitrogens is 4. The first kappa shape index (κ1) is 38.7. The van der Waals surface area contributed by atoms with Gasteiger partial charge in [0, 0.05) is 61.6 Å². The van der Waals surface area contributed by atoms with Crippen LogP contribution in [0.1, 0.15) is 78.1 Å². The minimum Gasteiger partial charge on any atom is -0.550 e. The standard InChI is InChI=1S/C34H34N4O4.2Na.Ni/c1-7-21-17(3)25-13-26-19(5)23(9-11-33(39)40)31(37-26)16-32-24(10-12-34(41)42)20(6)28(38-32)15-30-22(8-2)18(4)27(36-30)14-29(21)35-25;;;/h7-8,13-16,35,38H,1-2,9-12H2,3-6H3,(H,39,40)(H,41,42);;;/q;2*+1;/p-2. The average molecular weight is 665 g/mol. The Labute approximate surface area is 316 Å². The van der Waals surface area contributed by atoms with Gasteiger partial charge >= 0.3 is 59.1 Å². The Balaban J connectivity index is 0.00000235. The quantitative estimate of drug-likeness (QED) is 0.292. The van der Waals surface area contributed by atoms with E-state index in [0.29, 0.717) is 16.9 Å². The van der Waals surface area contributed by atoms with Gasteiger partial charge in [0.1, 0.15) is 0 Å². The minimum atomic E-state index is -1.14. The fraction of sp³-hybridized carbons (Fsp3) is 0.235. The Morgan fingerprint density at radius 1 is 0.711 bits per heavy atom. The van der Waals surface area contributed by atoms with Crippen molar-refractivity contribution in [1.82, 2.24) is 19.9 Å². The van der Waals surface area contributed by atoms with Crippen LogP contribution in [0.5, 0.6) is 0 Å². The summed E-state index contributed by atoms with van der Waals surface area (Å²) in [6.45, 7) is 15.9. The van der Waals surface area contributed by atoms with E-state index in [0.717, 1.165) is 72.5 Å². The van der Waals surface area contributed by atoms with Crippen molar-refractivity contribution in [2.45, 2.75) is 53.4 Å². The van der Waals surface area contributed by atoms with Gasteiger partial charge in [-0.15, -0.1) is 0 Å². The molecule has 2 aliphatic heterocycles. The van der Waals surface area contributed by atoms with Crippen LogP contribution in [0.3, 0.4) is 0 Å². The molecule has 0 saturated carbocycles. The van der Waals surface area contributed by atoms with Gasteiger partial charge in [-0.2, -0.15) is 0 Å². The van der Waals surface area contributed by atoms with E-state index in [1.165, 1.54) is 0 Å². The first-order valence-electron chi connectivity index (χ1n) is 13.8. The molecule has 0 atom stereocenters. The number of H-pyrrole nitrogens is 2. The normalized spacial score (nSPS) is 12.2. The Kier molecular flexibility index (Phi) is 13.7. The first-order valence-corrected chi connectivity index (χ1v) is 13.8. The van der Waals surface area contributed by atoms with Crippen LogP contribution >= 0.6 is 0 Å². The Bertz CT molecular complexity index is 1940. The van der Waals surface area contributed by atoms with E-state index in [-0.39, 0.29) is 101 Å². The molecule has 0 saturated heterocycles. The first-order chi connectivity index (χ1) is 20.0. The number of carbonyl (C=O) groups is 2. The third kappa shape index (κ3) is 7.74. The molecule has 8 nitrogen and oxygen atoms in total. The fourth-order valence-electron chi connectivity index (χ4n) is 5.76. The van der Waals surface area contributed by atoms with Crippen molar-refractivity contribution in [3.8, 4) is 0 Å². The van der Waals surface area contributed by atoms with E-state index in [9.17, 15) is 19.8 Å². The second kappa shape index (κ2) is 15.9. The average Bonchev–Trinajstić information content (AvgIpc) is 3.59. The summed E-state index contributed by atoms with van der Waals surface area (Å²) in [6.07, 6.45) is 3.81. The van der Waals surface area contributed by atoms with Gasteiger partial charge in [0.15, 0.2) is 0 Å². The monoisotopic (exact) mass is 664 g/mol. The number of nitrogens with zero attached hydrogens (tertiary/aromatic N) is 2. The van der Waals surface area contributed by atoms with Crippen molar-refractivity contribution < 1.29 is 95.4 Å². The molecule has 45 heavy (non-hydrogen) atoms. The predicted octanol–water partition coefficient (Wildman–Crippen LogP) is -1.16. The third-order valence-electron chi connectivity index (χ3n) is 8.20. The molecule has 0 amide bonds. The van der Waals surface area contributed by atoms with Gasteiger partial charge in [-0.3, -0.25) is 0 Å². The molecular formula is C34H32N4Na2NiO4. The molecule has 3 aromatic rings. The van der Waals surface area contributed by atoms with Gasteiger partial charge in [-0.25, -0.2) is 9.97 Å². The van der Waals surface area contributed by atoms with Crippen molar-refractivity contribution in [2.75, 3.05) is 0 Å². The largest absolute Gasteiger partial charge is 1.00 e. The molecule has 224 valence electrons. The van der Waals surface area contributed by atoms with E-state index in [4.69, 9.17) is 9.97 Å². The number of aliphatic carboxylic acids is 2. The molecule has 0 aromatic carbocycles. The molecule has 2 aliphatic rings. The molecule has 0 unspecified atom stereocenters. The maximum atomic E-state index is 11.4. The third-order valence-corrected chi connectivity index (χ3v) is 8.20. The van der Waals surface area contributed by atoms with E-state index in [1.807, 2.05) is 58.0 Å². The van der Waals surface area contributed by atoms with Crippen LogP contribution in [0, 0.1) is 13.8 Å². The van der Waals surface area contributed by atoms with Crippen molar-refractivity contribution in [3.05, 3.63) is 88.5 Å². The van der Waals surface area contributed by atoms with Gasteiger partial charge in [0.25, 0.3) is 0 Å². The summed E-state index contributed by atoms with van der Waals surface area (Å²) in [5, 5.41) is 22.8. The molecule has 2 N–H and O–H groups in total. The second-order valence-electron chi connectivity index (χ2n) is 10.7. The fourth-order valence-corrected chi connectivity index (χ4v) is 5.76. The Morgan fingerprint density at radius 3 is 1.84 bits per heavy atom. The SMILES string of the molecule is C=CC1=C(C)c2cc3[nH]c(cc4nc(cc5[nH]c(cc1n2)c(C)c5CCC(=O)[O-])C(CCC(=O)[O-])=C4C)c(C)c3C=C.[Na+].[Na+].[Ni]. The van der Waals surface area contributed by atoms with E-state index < -0.39 is 11.9 Å². The van der Waals surface area contributed by atoms with Crippen LogP contribution in [-0.2, 0) is 32.5 Å². The summed E-state index contributed by atoms with van der Waals surface area (Å²) in [7, 11) is 0. The zero-order chi connectivity index (χ0) is 30.3. The number of allylic oxidation sites excluding steroid dienone is 5. The molecule has 5 heterocycles. The van der Waals surface area contributed by atoms with Crippen LogP contribution in [0.2, 0.25) is 0 Å². The number of hydrogen-bond acceptors (Lipinski definition) is 6. The number of carboxylic acid groups (broad SMARTS) is 2. The summed E-state index contributed by atoms with van der Waals surface area (Å²) in [5.41, 5.74) is 13.3. The number of carboxylic acids is 2. The summed E-state index contributed by atoms with van der Waals surface area (Å²) in [6, 6.07) is 7.78. The summed E-state index contributed by atoms with van der Waals surface area (Å²) in [4.78, 5) is 39.7. The number of carbonyl (C=O) groups excluding carboxylic acids is 2. The van der Waals surface area contributed by atoms with Crippen LogP contribution in [0.15, 0.2) is 43.5 Å². The molecule has 11 heteroatoms. The van der Waals surface area contributed by atoms with E-state index in [1.54, 1.807) is 6.08 Å². The Hall–Kier alpha value is -2.49. The molecule has 0 aliphatic carbocycles. The number of fused-ring (bicyclic) bond motifs is 8. The van der Waals surface area contributed by atoms with Crippen LogP contribution in [-0.4, -0.2) is 31.9 Å². The number of aromatic amines is 2. The van der Waals surface area contributed by atoms with Gasteiger partial charge in [-0.1, -0.05) is 25.3 Å². The minimum absolute atomic E-state index is 0. The number of aryl methyl sites for hydroxylation is 3. The maximum Gasteiger partial charge on any atom is 1.00 e. The molecule has 0 fully saturated rings. The van der Waals surface area contributed by atoms with Crippen molar-refractivity contribution in [1.29, 1.82) is 0 Å². The predicted molar refractivity (Wildman–Crippen MR) is 163 cm³/mol. The van der Waals surface area contributed by atoms with Crippen LogP contribution in [0.4, 0.5) is 0 Å². The molecule has 0 spiro atoms.